The SMILES string of the molecule is CC(O)CN(C)C(=O)C(CN)CC(C)(C)C. The molecule has 1 amide bonds. The molecule has 0 aliphatic carbocycles. The predicted molar refractivity (Wildman–Crippen MR) is 65.9 cm³/mol. The number of nitrogens with zero attached hydrogens (tertiary/aromatic N) is 1. The molecule has 4 heteroatoms. The highest BCUT2D eigenvalue weighted by Gasteiger charge is 2.26. The van der Waals surface area contributed by atoms with Crippen LogP contribution in [0.4, 0.5) is 0 Å². The first-order valence-electron chi connectivity index (χ1n) is 5.80. The van der Waals surface area contributed by atoms with Gasteiger partial charge in [0.05, 0.1) is 12.0 Å². The molecule has 0 fully saturated rings. The molecular formula is C12H26N2O2. The van der Waals surface area contributed by atoms with E-state index in [-0.39, 0.29) is 17.2 Å². The summed E-state index contributed by atoms with van der Waals surface area (Å²) in [4.78, 5) is 13.6. The van der Waals surface area contributed by atoms with Crippen molar-refractivity contribution >= 4 is 5.91 Å². The average molecular weight is 230 g/mol. The third kappa shape index (κ3) is 6.08. The van der Waals surface area contributed by atoms with Crippen molar-refractivity contribution in [1.82, 2.24) is 4.90 Å². The molecule has 0 spiro atoms. The molecule has 0 heterocycles. The fourth-order valence-corrected chi connectivity index (χ4v) is 1.81. The number of hydrogen-bond acceptors (Lipinski definition) is 3. The predicted octanol–water partition coefficient (Wildman–Crippen LogP) is 0.837. The number of aliphatic hydroxyl groups is 1. The van der Waals surface area contributed by atoms with Gasteiger partial charge in [-0.1, -0.05) is 20.8 Å². The van der Waals surface area contributed by atoms with Crippen molar-refractivity contribution in [1.29, 1.82) is 0 Å². The van der Waals surface area contributed by atoms with Gasteiger partial charge in [0.15, 0.2) is 0 Å². The number of hydrogen-bond donors (Lipinski definition) is 2. The number of likely N-dealkylation sites (N-methyl/N-ethyl adjacent to an activating group) is 1. The summed E-state index contributed by atoms with van der Waals surface area (Å²) in [7, 11) is 1.71. The molecule has 0 radical (unpaired) electrons. The molecule has 0 aliphatic heterocycles. The summed E-state index contributed by atoms with van der Waals surface area (Å²) in [6, 6.07) is 0. The molecule has 96 valence electrons. The van der Waals surface area contributed by atoms with Crippen molar-refractivity contribution in [3.63, 3.8) is 0 Å². The minimum absolute atomic E-state index is 0.0262. The monoisotopic (exact) mass is 230 g/mol. The Hall–Kier alpha value is -0.610. The first-order chi connectivity index (χ1) is 7.17. The summed E-state index contributed by atoms with van der Waals surface area (Å²) < 4.78 is 0. The standard InChI is InChI=1S/C12H26N2O2/c1-9(15)8-14(5)11(16)10(7-13)6-12(2,3)4/h9-10,15H,6-8,13H2,1-5H3. The molecule has 0 aromatic heterocycles. The van der Waals surface area contributed by atoms with Crippen molar-refractivity contribution in [2.45, 2.75) is 40.2 Å². The lowest BCUT2D eigenvalue weighted by Gasteiger charge is -2.28. The van der Waals surface area contributed by atoms with E-state index in [1.54, 1.807) is 18.9 Å². The van der Waals surface area contributed by atoms with Crippen LogP contribution in [0, 0.1) is 11.3 Å². The molecular weight excluding hydrogens is 204 g/mol. The minimum Gasteiger partial charge on any atom is -0.392 e. The molecule has 0 saturated carbocycles. The highest BCUT2D eigenvalue weighted by atomic mass is 16.3. The van der Waals surface area contributed by atoms with E-state index in [2.05, 4.69) is 20.8 Å². The van der Waals surface area contributed by atoms with Gasteiger partial charge >= 0.3 is 0 Å². The van der Waals surface area contributed by atoms with Crippen LogP contribution in [0.1, 0.15) is 34.1 Å². The van der Waals surface area contributed by atoms with Gasteiger partial charge < -0.3 is 15.7 Å². The van der Waals surface area contributed by atoms with Crippen LogP contribution in [0.3, 0.4) is 0 Å². The lowest BCUT2D eigenvalue weighted by atomic mass is 9.84. The van der Waals surface area contributed by atoms with Crippen LogP contribution in [0.15, 0.2) is 0 Å². The van der Waals surface area contributed by atoms with Gasteiger partial charge in [-0.05, 0) is 18.8 Å². The number of aliphatic hydroxyl groups excluding tert-OH is 1. The highest BCUT2D eigenvalue weighted by molar-refractivity contribution is 5.78. The van der Waals surface area contributed by atoms with Gasteiger partial charge in [0.25, 0.3) is 0 Å². The summed E-state index contributed by atoms with van der Waals surface area (Å²) in [6.07, 6.45) is 0.272. The maximum absolute atomic E-state index is 12.0. The summed E-state index contributed by atoms with van der Waals surface area (Å²) in [5.74, 6) is -0.123. The van der Waals surface area contributed by atoms with Gasteiger partial charge in [0.1, 0.15) is 0 Å². The van der Waals surface area contributed by atoms with Gasteiger partial charge in [-0.15, -0.1) is 0 Å². The van der Waals surface area contributed by atoms with Crippen molar-refractivity contribution in [2.75, 3.05) is 20.1 Å². The van der Waals surface area contributed by atoms with Crippen LogP contribution in [0.2, 0.25) is 0 Å². The lowest BCUT2D eigenvalue weighted by molar-refractivity contribution is -0.136. The topological polar surface area (TPSA) is 66.6 Å². The quantitative estimate of drug-likeness (QED) is 0.735. The Morgan fingerprint density at radius 1 is 1.44 bits per heavy atom. The van der Waals surface area contributed by atoms with Crippen molar-refractivity contribution < 1.29 is 9.90 Å². The molecule has 0 saturated heterocycles. The summed E-state index contributed by atoms with van der Waals surface area (Å²) in [5.41, 5.74) is 5.73. The Morgan fingerprint density at radius 3 is 2.25 bits per heavy atom. The molecule has 0 rings (SSSR count). The van der Waals surface area contributed by atoms with Crippen molar-refractivity contribution in [2.24, 2.45) is 17.1 Å². The van der Waals surface area contributed by atoms with Gasteiger partial charge in [-0.3, -0.25) is 4.79 Å². The van der Waals surface area contributed by atoms with Crippen molar-refractivity contribution in [3.05, 3.63) is 0 Å². The zero-order chi connectivity index (χ0) is 12.9. The molecule has 4 nitrogen and oxygen atoms in total. The number of carbonyl (C=O) groups is 1. The molecule has 0 aromatic rings. The van der Waals surface area contributed by atoms with Crippen LogP contribution in [-0.2, 0) is 4.79 Å². The van der Waals surface area contributed by atoms with Crippen molar-refractivity contribution in [3.8, 4) is 0 Å². The normalized spacial score (nSPS) is 15.7. The van der Waals surface area contributed by atoms with Crippen LogP contribution in [0.25, 0.3) is 0 Å². The van der Waals surface area contributed by atoms with E-state index < -0.39 is 6.10 Å². The summed E-state index contributed by atoms with van der Waals surface area (Å²) in [6.45, 7) is 8.68. The Kier molecular flexibility index (Phi) is 5.97. The second kappa shape index (κ2) is 6.21. The maximum Gasteiger partial charge on any atom is 0.226 e. The van der Waals surface area contributed by atoms with Crippen LogP contribution < -0.4 is 5.73 Å². The number of rotatable bonds is 5. The number of nitrogens with two attached hydrogens (primary N) is 1. The fraction of sp³-hybridized carbons (Fsp3) is 0.917. The molecule has 2 atom stereocenters. The third-order valence-corrected chi connectivity index (χ3v) is 2.41. The Labute approximate surface area is 98.8 Å². The molecule has 0 aromatic carbocycles. The Balaban J connectivity index is 4.41. The van der Waals surface area contributed by atoms with E-state index in [9.17, 15) is 9.90 Å². The lowest BCUT2D eigenvalue weighted by Crippen LogP contribution is -2.41. The molecule has 16 heavy (non-hydrogen) atoms. The van der Waals surface area contributed by atoms with E-state index in [0.29, 0.717) is 13.1 Å². The van der Waals surface area contributed by atoms with Crippen LogP contribution in [0.5, 0.6) is 0 Å². The summed E-state index contributed by atoms with van der Waals surface area (Å²) >= 11 is 0. The maximum atomic E-state index is 12.0. The zero-order valence-corrected chi connectivity index (χ0v) is 11.2. The molecule has 0 bridgehead atoms. The minimum atomic E-state index is -0.498. The fourth-order valence-electron chi connectivity index (χ4n) is 1.81. The van der Waals surface area contributed by atoms with E-state index in [1.807, 2.05) is 0 Å². The van der Waals surface area contributed by atoms with E-state index >= 15 is 0 Å². The van der Waals surface area contributed by atoms with E-state index in [4.69, 9.17) is 5.73 Å². The van der Waals surface area contributed by atoms with Gasteiger partial charge in [-0.25, -0.2) is 0 Å². The third-order valence-electron chi connectivity index (χ3n) is 2.41. The smallest absolute Gasteiger partial charge is 0.226 e. The van der Waals surface area contributed by atoms with Gasteiger partial charge in [0.2, 0.25) is 5.91 Å². The van der Waals surface area contributed by atoms with Crippen LogP contribution in [-0.4, -0.2) is 42.2 Å². The highest BCUT2D eigenvalue weighted by Crippen LogP contribution is 2.24. The van der Waals surface area contributed by atoms with Gasteiger partial charge in [0, 0.05) is 20.1 Å². The number of amides is 1. The average Bonchev–Trinajstić information content (AvgIpc) is 2.10. The Bertz CT molecular complexity index is 222. The molecule has 2 unspecified atom stereocenters. The summed E-state index contributed by atoms with van der Waals surface area (Å²) in [5, 5.41) is 9.23. The number of carbonyl (C=O) groups excluding carboxylic acids is 1. The zero-order valence-electron chi connectivity index (χ0n) is 11.2. The molecule has 3 N–H and O–H groups in total. The molecule has 0 aliphatic rings. The van der Waals surface area contributed by atoms with Gasteiger partial charge in [-0.2, -0.15) is 0 Å². The first kappa shape index (κ1) is 15.4. The first-order valence-corrected chi connectivity index (χ1v) is 5.80. The second-order valence-electron chi connectivity index (χ2n) is 5.77. The van der Waals surface area contributed by atoms with E-state index in [0.717, 1.165) is 6.42 Å². The van der Waals surface area contributed by atoms with E-state index in [1.165, 1.54) is 0 Å². The largest absolute Gasteiger partial charge is 0.392 e. The Morgan fingerprint density at radius 2 is 1.94 bits per heavy atom. The van der Waals surface area contributed by atoms with Crippen LogP contribution >= 0.6 is 0 Å². The second-order valence-corrected chi connectivity index (χ2v) is 5.77.